The summed E-state index contributed by atoms with van der Waals surface area (Å²) >= 11 is 0. The van der Waals surface area contributed by atoms with Gasteiger partial charge in [-0.2, -0.15) is 27.1 Å². The average molecular weight is 751 g/mol. The van der Waals surface area contributed by atoms with Crippen molar-refractivity contribution < 1.29 is 64.8 Å². The van der Waals surface area contributed by atoms with Gasteiger partial charge in [-0.25, -0.2) is 19.2 Å². The van der Waals surface area contributed by atoms with E-state index < -0.39 is 76.4 Å². The van der Waals surface area contributed by atoms with E-state index in [9.17, 15) is 55.3 Å². The van der Waals surface area contributed by atoms with E-state index in [1.54, 1.807) is 0 Å². The number of aromatic carboxylic acids is 2. The Hall–Kier alpha value is -6.74. The lowest BCUT2D eigenvalue weighted by Gasteiger charge is -2.09. The van der Waals surface area contributed by atoms with Crippen LogP contribution in [0, 0.1) is 0 Å². The Balaban J connectivity index is 1.71. The number of ether oxygens (including phenoxy) is 2. The molecule has 0 amide bonds. The van der Waals surface area contributed by atoms with Crippen LogP contribution in [0.2, 0.25) is 0 Å². The lowest BCUT2D eigenvalue weighted by molar-refractivity contribution is -0.129. The first-order chi connectivity index (χ1) is 24.4. The third kappa shape index (κ3) is 9.28. The lowest BCUT2D eigenvalue weighted by Crippen LogP contribution is -2.08. The number of carbonyl (C=O) groups excluding carboxylic acids is 2. The number of benzene rings is 4. The van der Waals surface area contributed by atoms with E-state index in [2.05, 4.69) is 33.6 Å². The van der Waals surface area contributed by atoms with Gasteiger partial charge in [0.2, 0.25) is 0 Å². The largest absolute Gasteiger partial charge is 0.478 e. The number of carboxylic acids is 2. The summed E-state index contributed by atoms with van der Waals surface area (Å²) in [6, 6.07) is 13.2. The molecule has 18 nitrogen and oxygen atoms in total. The molecular formula is C32H22N4O14S2. The van der Waals surface area contributed by atoms with Crippen molar-refractivity contribution in [3.63, 3.8) is 0 Å². The van der Waals surface area contributed by atoms with Gasteiger partial charge in [0.15, 0.2) is 0 Å². The summed E-state index contributed by atoms with van der Waals surface area (Å²) in [6.07, 6.45) is 1.64. The number of rotatable bonds is 13. The van der Waals surface area contributed by atoms with Crippen LogP contribution in [0.1, 0.15) is 20.7 Å². The molecule has 0 fully saturated rings. The minimum absolute atomic E-state index is 0.00252. The predicted octanol–water partition coefficient (Wildman–Crippen LogP) is 6.26. The molecule has 0 spiro atoms. The van der Waals surface area contributed by atoms with Crippen LogP contribution >= 0.6 is 0 Å². The topological polar surface area (TPSA) is 285 Å². The van der Waals surface area contributed by atoms with Gasteiger partial charge in [0, 0.05) is 12.2 Å². The second-order valence-electron chi connectivity index (χ2n) is 9.94. The summed E-state index contributed by atoms with van der Waals surface area (Å²) in [5.41, 5.74) is -2.04. The van der Waals surface area contributed by atoms with Gasteiger partial charge >= 0.3 is 23.9 Å². The zero-order valence-corrected chi connectivity index (χ0v) is 27.6. The van der Waals surface area contributed by atoms with Crippen LogP contribution < -0.4 is 9.47 Å². The minimum Gasteiger partial charge on any atom is -0.478 e. The fraction of sp³-hybridized carbons (Fsp3) is 0. The van der Waals surface area contributed by atoms with Crippen LogP contribution in [0.5, 0.6) is 11.5 Å². The van der Waals surface area contributed by atoms with Crippen LogP contribution in [0.15, 0.2) is 128 Å². The second-order valence-corrected chi connectivity index (χ2v) is 12.7. The quantitative estimate of drug-likeness (QED) is 0.0386. The molecule has 0 saturated carbocycles. The average Bonchev–Trinajstić information content (AvgIpc) is 3.09. The molecule has 0 heterocycles. The van der Waals surface area contributed by atoms with Gasteiger partial charge in [-0.3, -0.25) is 9.11 Å². The molecular weight excluding hydrogens is 729 g/mol. The van der Waals surface area contributed by atoms with Gasteiger partial charge in [-0.1, -0.05) is 25.3 Å². The lowest BCUT2D eigenvalue weighted by atomic mass is 10.0. The van der Waals surface area contributed by atoms with Crippen molar-refractivity contribution in [3.8, 4) is 22.6 Å². The zero-order chi connectivity index (χ0) is 38.4. The molecule has 0 saturated heterocycles. The van der Waals surface area contributed by atoms with Gasteiger partial charge in [-0.05, 0) is 71.8 Å². The Morgan fingerprint density at radius 1 is 0.558 bits per heavy atom. The van der Waals surface area contributed by atoms with Crippen LogP contribution in [0.4, 0.5) is 22.7 Å². The Morgan fingerprint density at radius 3 is 1.23 bits per heavy atom. The molecule has 4 aromatic rings. The van der Waals surface area contributed by atoms with Crippen molar-refractivity contribution in [2.24, 2.45) is 20.5 Å². The number of carboxylic acid groups (broad SMARTS) is 2. The minimum atomic E-state index is -5.01. The van der Waals surface area contributed by atoms with E-state index in [1.807, 2.05) is 0 Å². The van der Waals surface area contributed by atoms with Gasteiger partial charge in [-0.15, -0.1) is 10.2 Å². The van der Waals surface area contributed by atoms with Gasteiger partial charge in [0.25, 0.3) is 20.2 Å². The summed E-state index contributed by atoms with van der Waals surface area (Å²) < 4.78 is 78.9. The smallest absolute Gasteiger partial charge is 0.339 e. The maximum Gasteiger partial charge on any atom is 0.339 e. The molecule has 4 N–H and O–H groups in total. The molecule has 0 aliphatic carbocycles. The van der Waals surface area contributed by atoms with Crippen molar-refractivity contribution in [1.82, 2.24) is 0 Å². The van der Waals surface area contributed by atoms with E-state index in [0.717, 1.165) is 60.7 Å². The molecule has 52 heavy (non-hydrogen) atoms. The fourth-order valence-electron chi connectivity index (χ4n) is 4.16. The van der Waals surface area contributed by atoms with Crippen LogP contribution in [0.25, 0.3) is 11.1 Å². The second kappa shape index (κ2) is 15.4. The summed E-state index contributed by atoms with van der Waals surface area (Å²) in [5.74, 6) is -5.48. The van der Waals surface area contributed by atoms with E-state index in [1.165, 1.54) is 24.3 Å². The third-order valence-electron chi connectivity index (χ3n) is 6.50. The molecule has 0 aliphatic rings. The van der Waals surface area contributed by atoms with E-state index in [0.29, 0.717) is 0 Å². The van der Waals surface area contributed by atoms with Crippen molar-refractivity contribution in [3.05, 3.63) is 109 Å². The number of carbonyl (C=O) groups is 4. The number of hydrogen-bond acceptors (Lipinski definition) is 14. The molecule has 266 valence electrons. The molecule has 0 radical (unpaired) electrons. The first-order valence-corrected chi connectivity index (χ1v) is 16.8. The Kier molecular flexibility index (Phi) is 11.3. The van der Waals surface area contributed by atoms with E-state index in [4.69, 9.17) is 9.47 Å². The predicted molar refractivity (Wildman–Crippen MR) is 178 cm³/mol. The first-order valence-electron chi connectivity index (χ1n) is 13.9. The number of hydrogen-bond donors (Lipinski definition) is 4. The summed E-state index contributed by atoms with van der Waals surface area (Å²) in [6.45, 7) is 6.44. The van der Waals surface area contributed by atoms with Gasteiger partial charge < -0.3 is 19.7 Å². The Morgan fingerprint density at radius 2 is 0.923 bits per heavy atom. The van der Waals surface area contributed by atoms with Crippen LogP contribution in [-0.4, -0.2) is 60.0 Å². The molecule has 0 bridgehead atoms. The van der Waals surface area contributed by atoms with Crippen molar-refractivity contribution in [1.29, 1.82) is 0 Å². The fourth-order valence-corrected chi connectivity index (χ4v) is 5.46. The molecule has 0 atom stereocenters. The van der Waals surface area contributed by atoms with E-state index in [-0.39, 0.29) is 34.0 Å². The van der Waals surface area contributed by atoms with Gasteiger partial charge in [0.05, 0.1) is 11.4 Å². The van der Waals surface area contributed by atoms with Gasteiger partial charge in [0.1, 0.15) is 43.8 Å². The molecule has 0 aliphatic heterocycles. The summed E-state index contributed by atoms with van der Waals surface area (Å²) in [7, 11) is -10.0. The SMILES string of the molecule is C=CC(=O)Oc1ccc(/N=N/c2ccc(-c3ccc(/N=N/c4ccc(OC(=O)C=C)c(C(=O)O)c4)c(S(=O)(=O)O)c3)cc2S(=O)(=O)O)cc1C(=O)O. The molecule has 0 unspecified atom stereocenters. The standard InChI is InChI=1S/C32H22N4O14S2/c1-3-29(37)49-25-11-7-19(15-21(25)31(39)40)33-35-23-9-5-17(13-27(23)51(43,44)45)18-6-10-24(28(14-18)52(46,47)48)36-34-20-8-12-26(50-30(38)4-2)22(16-20)32(41)42/h3-16H,1-2H2,(H,39,40)(H,41,42)(H,43,44,45)(H,46,47,48)/b35-33+,36-34+. The van der Waals surface area contributed by atoms with Crippen molar-refractivity contribution >= 4 is 66.9 Å². The normalized spacial score (nSPS) is 11.7. The zero-order valence-electron chi connectivity index (χ0n) is 26.0. The highest BCUT2D eigenvalue weighted by Crippen LogP contribution is 2.36. The monoisotopic (exact) mass is 750 g/mol. The Labute approximate surface area is 293 Å². The molecule has 20 heteroatoms. The van der Waals surface area contributed by atoms with Crippen LogP contribution in [-0.2, 0) is 29.8 Å². The highest BCUT2D eigenvalue weighted by Gasteiger charge is 2.21. The van der Waals surface area contributed by atoms with E-state index >= 15 is 0 Å². The summed E-state index contributed by atoms with van der Waals surface area (Å²) in [5, 5.41) is 34.2. The maximum atomic E-state index is 12.3. The molecule has 0 aromatic heterocycles. The number of nitrogens with zero attached hydrogens (tertiary/aromatic N) is 4. The maximum absolute atomic E-state index is 12.3. The van der Waals surface area contributed by atoms with Crippen LogP contribution in [0.3, 0.4) is 0 Å². The highest BCUT2D eigenvalue weighted by atomic mass is 32.2. The number of esters is 2. The molecule has 4 rings (SSSR count). The number of azo groups is 2. The Bertz CT molecular complexity index is 2290. The first kappa shape index (κ1) is 38.1. The third-order valence-corrected chi connectivity index (χ3v) is 8.26. The highest BCUT2D eigenvalue weighted by molar-refractivity contribution is 7.86. The van der Waals surface area contributed by atoms with Crippen molar-refractivity contribution in [2.45, 2.75) is 9.79 Å². The molecule has 4 aromatic carbocycles. The summed E-state index contributed by atoms with van der Waals surface area (Å²) in [4.78, 5) is 44.8. The van der Waals surface area contributed by atoms with Crippen molar-refractivity contribution in [2.75, 3.05) is 0 Å².